The summed E-state index contributed by atoms with van der Waals surface area (Å²) in [4.78, 5) is 23.0. The van der Waals surface area contributed by atoms with Crippen molar-refractivity contribution in [2.45, 2.75) is 6.61 Å². The number of phenolic OH excluding ortho intramolecular Hbond substituents is 1. The maximum absolute atomic E-state index is 12.9. The van der Waals surface area contributed by atoms with Crippen molar-refractivity contribution in [1.82, 2.24) is 0 Å². The number of nitro groups is 1. The Hall–Kier alpha value is -4.01. The lowest BCUT2D eigenvalue weighted by atomic mass is 10.0. The predicted octanol–water partition coefficient (Wildman–Crippen LogP) is 4.96. The number of aromatic hydroxyl groups is 1. The number of halogens is 2. The number of ketones is 1. The summed E-state index contributed by atoms with van der Waals surface area (Å²) in [6, 6.07) is 11.9. The molecule has 0 heterocycles. The van der Waals surface area contributed by atoms with Gasteiger partial charge >= 0.3 is 12.3 Å². The third kappa shape index (κ3) is 4.19. The molecule has 3 aromatic rings. The van der Waals surface area contributed by atoms with E-state index in [1.165, 1.54) is 25.3 Å². The smallest absolute Gasteiger partial charge is 0.387 e. The van der Waals surface area contributed by atoms with E-state index in [1.54, 1.807) is 30.3 Å². The second kappa shape index (κ2) is 8.56. The molecule has 0 spiro atoms. The number of alkyl halides is 2. The van der Waals surface area contributed by atoms with E-state index in [4.69, 9.17) is 4.74 Å². The molecule has 0 saturated heterocycles. The highest BCUT2D eigenvalue weighted by Crippen LogP contribution is 2.37. The average molecular weight is 415 g/mol. The fourth-order valence-corrected chi connectivity index (χ4v) is 2.92. The minimum absolute atomic E-state index is 0.0921. The summed E-state index contributed by atoms with van der Waals surface area (Å²) in [5.41, 5.74) is -0.499. The number of carbonyl (C=O) groups excluding carboxylic acids is 1. The number of rotatable bonds is 7. The molecule has 0 atom stereocenters. The Morgan fingerprint density at radius 3 is 2.60 bits per heavy atom. The van der Waals surface area contributed by atoms with Crippen LogP contribution in [0.3, 0.4) is 0 Å². The van der Waals surface area contributed by atoms with Crippen molar-refractivity contribution in [3.05, 3.63) is 75.8 Å². The van der Waals surface area contributed by atoms with E-state index in [0.717, 1.165) is 12.1 Å². The van der Waals surface area contributed by atoms with Crippen LogP contribution in [0.1, 0.15) is 15.9 Å². The SMILES string of the molecule is COc1cc(/C=C/C(=O)c2ccc3ccccc3c2OC(F)F)cc([N+](=O)[O-])c1O. The van der Waals surface area contributed by atoms with Crippen LogP contribution in [0, 0.1) is 10.1 Å². The summed E-state index contributed by atoms with van der Waals surface area (Å²) >= 11 is 0. The van der Waals surface area contributed by atoms with Crippen LogP contribution in [-0.4, -0.2) is 29.5 Å². The number of carbonyl (C=O) groups is 1. The molecule has 0 amide bonds. The average Bonchev–Trinajstić information content (AvgIpc) is 2.72. The van der Waals surface area contributed by atoms with Gasteiger partial charge in [-0.3, -0.25) is 14.9 Å². The van der Waals surface area contributed by atoms with Crippen LogP contribution >= 0.6 is 0 Å². The van der Waals surface area contributed by atoms with Gasteiger partial charge in [-0.25, -0.2) is 0 Å². The van der Waals surface area contributed by atoms with Gasteiger partial charge in [-0.2, -0.15) is 8.78 Å². The molecule has 1 N–H and O–H groups in total. The van der Waals surface area contributed by atoms with E-state index in [9.17, 15) is 28.8 Å². The minimum Gasteiger partial charge on any atom is -0.500 e. The molecule has 0 unspecified atom stereocenters. The molecule has 0 aliphatic rings. The van der Waals surface area contributed by atoms with Crippen molar-refractivity contribution in [2.75, 3.05) is 7.11 Å². The van der Waals surface area contributed by atoms with Crippen molar-refractivity contribution in [3.8, 4) is 17.2 Å². The quantitative estimate of drug-likeness (QED) is 0.253. The van der Waals surface area contributed by atoms with Gasteiger partial charge < -0.3 is 14.6 Å². The first kappa shape index (κ1) is 20.7. The second-order valence-corrected chi connectivity index (χ2v) is 6.09. The number of ether oxygens (including phenoxy) is 2. The number of hydrogen-bond donors (Lipinski definition) is 1. The van der Waals surface area contributed by atoms with Crippen LogP contribution in [0.4, 0.5) is 14.5 Å². The number of hydrogen-bond acceptors (Lipinski definition) is 6. The summed E-state index contributed by atoms with van der Waals surface area (Å²) in [6.45, 7) is -3.13. The van der Waals surface area contributed by atoms with E-state index in [1.807, 2.05) is 0 Å². The maximum atomic E-state index is 12.9. The zero-order valence-electron chi connectivity index (χ0n) is 15.5. The van der Waals surface area contributed by atoms with Crippen molar-refractivity contribution in [1.29, 1.82) is 0 Å². The Bertz CT molecular complexity index is 1160. The standard InChI is InChI=1S/C21H15F2NO6/c1-29-18-11-12(10-16(19(18)26)24(27)28)6-9-17(25)15-8-7-13-4-2-3-5-14(13)20(15)30-21(22)23/h2-11,21,26H,1H3/b9-6+. The normalized spacial score (nSPS) is 11.2. The van der Waals surface area contributed by atoms with Crippen molar-refractivity contribution in [3.63, 3.8) is 0 Å². The van der Waals surface area contributed by atoms with Crippen LogP contribution in [0.25, 0.3) is 16.8 Å². The largest absolute Gasteiger partial charge is 0.500 e. The zero-order chi connectivity index (χ0) is 21.8. The van der Waals surface area contributed by atoms with Gasteiger partial charge in [0, 0.05) is 11.5 Å². The number of methoxy groups -OCH3 is 1. The van der Waals surface area contributed by atoms with Gasteiger partial charge in [0.2, 0.25) is 5.75 Å². The number of phenols is 1. The summed E-state index contributed by atoms with van der Waals surface area (Å²) in [7, 11) is 1.22. The van der Waals surface area contributed by atoms with E-state index in [2.05, 4.69) is 4.74 Å². The Balaban J connectivity index is 2.02. The van der Waals surface area contributed by atoms with E-state index >= 15 is 0 Å². The molecule has 0 saturated carbocycles. The van der Waals surface area contributed by atoms with E-state index in [-0.39, 0.29) is 22.6 Å². The molecular weight excluding hydrogens is 400 g/mol. The lowest BCUT2D eigenvalue weighted by Gasteiger charge is -2.12. The molecule has 0 bridgehead atoms. The van der Waals surface area contributed by atoms with Crippen molar-refractivity contribution in [2.24, 2.45) is 0 Å². The second-order valence-electron chi connectivity index (χ2n) is 6.09. The first-order chi connectivity index (χ1) is 14.3. The third-order valence-electron chi connectivity index (χ3n) is 4.27. The molecule has 0 aliphatic carbocycles. The summed E-state index contributed by atoms with van der Waals surface area (Å²) in [6.07, 6.45) is 2.32. The highest BCUT2D eigenvalue weighted by molar-refractivity contribution is 6.12. The van der Waals surface area contributed by atoms with Crippen molar-refractivity contribution >= 4 is 28.3 Å². The number of nitro benzene ring substituents is 1. The fraction of sp³-hybridized carbons (Fsp3) is 0.0952. The van der Waals surface area contributed by atoms with Crippen LogP contribution in [0.15, 0.2) is 54.6 Å². The molecule has 7 nitrogen and oxygen atoms in total. The first-order valence-electron chi connectivity index (χ1n) is 8.56. The van der Waals surface area contributed by atoms with Gasteiger partial charge in [0.25, 0.3) is 0 Å². The number of nitrogens with zero attached hydrogens (tertiary/aromatic N) is 1. The Kier molecular flexibility index (Phi) is 5.91. The highest BCUT2D eigenvalue weighted by atomic mass is 19.3. The molecular formula is C21H15F2NO6. The molecule has 9 heteroatoms. The third-order valence-corrected chi connectivity index (χ3v) is 4.27. The molecule has 0 aromatic heterocycles. The Morgan fingerprint density at radius 1 is 1.20 bits per heavy atom. The monoisotopic (exact) mass is 415 g/mol. The predicted molar refractivity (Wildman–Crippen MR) is 105 cm³/mol. The zero-order valence-corrected chi connectivity index (χ0v) is 15.5. The number of benzene rings is 3. The minimum atomic E-state index is -3.13. The summed E-state index contributed by atoms with van der Waals surface area (Å²) < 4.78 is 35.4. The molecule has 0 fully saturated rings. The molecule has 30 heavy (non-hydrogen) atoms. The number of fused-ring (bicyclic) bond motifs is 1. The molecule has 0 radical (unpaired) electrons. The fourth-order valence-electron chi connectivity index (χ4n) is 2.92. The first-order valence-corrected chi connectivity index (χ1v) is 8.56. The van der Waals surface area contributed by atoms with Crippen molar-refractivity contribution < 1.29 is 33.1 Å². The molecule has 154 valence electrons. The Labute approximate surface area is 168 Å². The van der Waals surface area contributed by atoms with Gasteiger partial charge in [0.05, 0.1) is 17.6 Å². The molecule has 0 aliphatic heterocycles. The lowest BCUT2D eigenvalue weighted by Crippen LogP contribution is -2.07. The molecule has 3 aromatic carbocycles. The topological polar surface area (TPSA) is 98.9 Å². The summed E-state index contributed by atoms with van der Waals surface area (Å²) in [5, 5.41) is 21.9. The molecule has 3 rings (SSSR count). The highest BCUT2D eigenvalue weighted by Gasteiger charge is 2.20. The van der Waals surface area contributed by atoms with Crippen LogP contribution in [0.5, 0.6) is 17.2 Å². The van der Waals surface area contributed by atoms with Gasteiger partial charge in [0.15, 0.2) is 11.5 Å². The van der Waals surface area contributed by atoms with Crippen LogP contribution in [0.2, 0.25) is 0 Å². The van der Waals surface area contributed by atoms with Crippen LogP contribution in [-0.2, 0) is 0 Å². The Morgan fingerprint density at radius 2 is 1.93 bits per heavy atom. The maximum Gasteiger partial charge on any atom is 0.387 e. The van der Waals surface area contributed by atoms with Gasteiger partial charge in [-0.1, -0.05) is 36.4 Å². The number of allylic oxidation sites excluding steroid dienone is 1. The summed E-state index contributed by atoms with van der Waals surface area (Å²) in [5.74, 6) is -1.70. The van der Waals surface area contributed by atoms with E-state index < -0.39 is 28.8 Å². The van der Waals surface area contributed by atoms with Crippen LogP contribution < -0.4 is 9.47 Å². The van der Waals surface area contributed by atoms with Gasteiger partial charge in [0.1, 0.15) is 5.75 Å². The van der Waals surface area contributed by atoms with Gasteiger partial charge in [-0.15, -0.1) is 0 Å². The van der Waals surface area contributed by atoms with Gasteiger partial charge in [-0.05, 0) is 29.2 Å². The lowest BCUT2D eigenvalue weighted by molar-refractivity contribution is -0.386. The van der Waals surface area contributed by atoms with E-state index in [0.29, 0.717) is 10.8 Å².